The molecule has 0 atom stereocenters. The number of anilines is 2. The Hall–Kier alpha value is -3.17. The van der Waals surface area contributed by atoms with Crippen molar-refractivity contribution in [2.45, 2.75) is 58.5 Å². The average molecular weight is 573 g/mol. The molecule has 2 aromatic carbocycles. The molecule has 4 rings (SSSR count). The number of carbonyl (C=O) groups excluding carboxylic acids is 2. The van der Waals surface area contributed by atoms with Gasteiger partial charge in [-0.25, -0.2) is 0 Å². The van der Waals surface area contributed by atoms with Gasteiger partial charge in [-0.1, -0.05) is 61.2 Å². The summed E-state index contributed by atoms with van der Waals surface area (Å²) in [5.74, 6) is 0.352. The Bertz CT molecular complexity index is 1250. The van der Waals surface area contributed by atoms with E-state index in [9.17, 15) is 9.59 Å². The fraction of sp³-hybridized carbons (Fsp3) is 0.464. The minimum Gasteiger partial charge on any atom is -0.372 e. The number of nitrogens with zero attached hydrogens (tertiary/aromatic N) is 5. The maximum Gasteiger partial charge on any atom is 0.270 e. The number of likely N-dealkylation sites (N-methyl/N-ethyl adjacent to an activating group) is 1. The zero-order valence-electron chi connectivity index (χ0n) is 22.7. The molecule has 1 saturated carbocycles. The van der Waals surface area contributed by atoms with Crippen molar-refractivity contribution >= 4 is 47.2 Å². The van der Waals surface area contributed by atoms with Crippen molar-refractivity contribution in [2.75, 3.05) is 23.8 Å². The largest absolute Gasteiger partial charge is 0.372 e. The average Bonchev–Trinajstić information content (AvgIpc) is 3.39. The highest BCUT2D eigenvalue weighted by Gasteiger charge is 2.43. The van der Waals surface area contributed by atoms with E-state index in [1.165, 1.54) is 0 Å². The molecule has 0 aliphatic heterocycles. The summed E-state index contributed by atoms with van der Waals surface area (Å²) in [4.78, 5) is 29.2. The first-order valence-corrected chi connectivity index (χ1v) is 13.8. The van der Waals surface area contributed by atoms with Crippen LogP contribution < -0.4 is 10.2 Å². The normalized spacial score (nSPS) is 19.4. The van der Waals surface area contributed by atoms with Crippen LogP contribution in [0.2, 0.25) is 10.0 Å². The molecular weight excluding hydrogens is 537 g/mol. The highest BCUT2D eigenvalue weighted by molar-refractivity contribution is 6.35. The van der Waals surface area contributed by atoms with Crippen LogP contribution in [0.4, 0.5) is 11.6 Å². The number of halogens is 2. The molecule has 3 aromatic rings. The van der Waals surface area contributed by atoms with Crippen LogP contribution in [0, 0.1) is 11.3 Å². The van der Waals surface area contributed by atoms with Crippen molar-refractivity contribution in [1.82, 2.24) is 25.5 Å². The Kier molecular flexibility index (Phi) is 8.81. The van der Waals surface area contributed by atoms with Gasteiger partial charge in [0.2, 0.25) is 6.41 Å². The smallest absolute Gasteiger partial charge is 0.270 e. The lowest BCUT2D eigenvalue weighted by Gasteiger charge is -2.50. The molecule has 2 amide bonds. The SMILES string of the molecule is CN(CC1(N(C=O)Cc2ccc(C(=O)Nc3nn[nH]n3)cc2)CCC(C(C)(C)C)CC1)c1cc(Cl)cc(Cl)c1. The molecule has 1 aromatic heterocycles. The number of carbonyl (C=O) groups is 2. The van der Waals surface area contributed by atoms with Crippen LogP contribution in [0.5, 0.6) is 0 Å². The molecule has 0 unspecified atom stereocenters. The van der Waals surface area contributed by atoms with Crippen LogP contribution >= 0.6 is 23.2 Å². The molecule has 1 aliphatic rings. The number of rotatable bonds is 9. The first-order chi connectivity index (χ1) is 18.5. The van der Waals surface area contributed by atoms with Gasteiger partial charge in [0.15, 0.2) is 0 Å². The lowest BCUT2D eigenvalue weighted by molar-refractivity contribution is -0.126. The maximum atomic E-state index is 12.6. The van der Waals surface area contributed by atoms with Crippen molar-refractivity contribution in [3.8, 4) is 0 Å². The maximum absolute atomic E-state index is 12.6. The Labute approximate surface area is 239 Å². The van der Waals surface area contributed by atoms with Crippen LogP contribution in [0.1, 0.15) is 62.4 Å². The predicted molar refractivity (Wildman–Crippen MR) is 154 cm³/mol. The van der Waals surface area contributed by atoms with Gasteiger partial charge in [-0.3, -0.25) is 14.9 Å². The van der Waals surface area contributed by atoms with E-state index in [4.69, 9.17) is 23.2 Å². The molecule has 11 heteroatoms. The van der Waals surface area contributed by atoms with Crippen LogP contribution in [-0.4, -0.2) is 57.0 Å². The van der Waals surface area contributed by atoms with E-state index in [-0.39, 0.29) is 22.8 Å². The molecule has 39 heavy (non-hydrogen) atoms. The van der Waals surface area contributed by atoms with Crippen molar-refractivity contribution in [2.24, 2.45) is 11.3 Å². The number of hydrogen-bond acceptors (Lipinski definition) is 6. The number of nitrogens with one attached hydrogen (secondary N) is 2. The highest BCUT2D eigenvalue weighted by Crippen LogP contribution is 2.44. The van der Waals surface area contributed by atoms with E-state index in [0.29, 0.717) is 34.6 Å². The van der Waals surface area contributed by atoms with Gasteiger partial charge >= 0.3 is 0 Å². The number of benzene rings is 2. The zero-order valence-corrected chi connectivity index (χ0v) is 24.3. The standard InChI is InChI=1S/C28H35Cl2N7O2/c1-27(2,3)21-9-11-28(12-10-21,17-36(4)24-14-22(29)13-23(30)15-24)37(18-38)16-19-5-7-20(8-6-19)25(39)31-26-32-34-35-33-26/h5-8,13-15,18,21H,9-12,16-17H2,1-4H3,(H2,31,32,33,34,35,39). The van der Waals surface area contributed by atoms with Gasteiger partial charge in [0.05, 0.1) is 5.54 Å². The minimum atomic E-state index is -0.373. The Morgan fingerprint density at radius 3 is 2.31 bits per heavy atom. The lowest BCUT2D eigenvalue weighted by Crippen LogP contribution is -2.57. The molecular formula is C28H35Cl2N7O2. The van der Waals surface area contributed by atoms with Crippen LogP contribution in [0.25, 0.3) is 0 Å². The number of aromatic amines is 1. The summed E-state index contributed by atoms with van der Waals surface area (Å²) in [6, 6.07) is 12.7. The number of aromatic nitrogens is 4. The third-order valence-electron chi connectivity index (χ3n) is 7.84. The highest BCUT2D eigenvalue weighted by atomic mass is 35.5. The second kappa shape index (κ2) is 11.9. The topological polar surface area (TPSA) is 107 Å². The summed E-state index contributed by atoms with van der Waals surface area (Å²) in [7, 11) is 2.01. The first-order valence-electron chi connectivity index (χ1n) is 13.0. The van der Waals surface area contributed by atoms with E-state index in [1.807, 2.05) is 36.2 Å². The van der Waals surface area contributed by atoms with Gasteiger partial charge in [-0.2, -0.15) is 5.21 Å². The first kappa shape index (κ1) is 28.8. The number of amides is 2. The minimum absolute atomic E-state index is 0.106. The van der Waals surface area contributed by atoms with E-state index in [1.54, 1.807) is 18.2 Å². The molecule has 0 saturated heterocycles. The summed E-state index contributed by atoms with van der Waals surface area (Å²) in [6.07, 6.45) is 4.81. The van der Waals surface area contributed by atoms with Gasteiger partial charge in [-0.05, 0) is 78.1 Å². The van der Waals surface area contributed by atoms with E-state index in [0.717, 1.165) is 43.3 Å². The fourth-order valence-corrected chi connectivity index (χ4v) is 6.03. The van der Waals surface area contributed by atoms with E-state index in [2.05, 4.69) is 51.6 Å². The van der Waals surface area contributed by atoms with E-state index < -0.39 is 0 Å². The molecule has 0 spiro atoms. The summed E-state index contributed by atoms with van der Waals surface area (Å²) < 4.78 is 0. The van der Waals surface area contributed by atoms with Crippen molar-refractivity contribution in [1.29, 1.82) is 0 Å². The van der Waals surface area contributed by atoms with Gasteiger partial charge < -0.3 is 9.80 Å². The summed E-state index contributed by atoms with van der Waals surface area (Å²) in [6.45, 7) is 7.95. The van der Waals surface area contributed by atoms with Gasteiger partial charge in [0, 0.05) is 41.4 Å². The van der Waals surface area contributed by atoms with Gasteiger partial charge in [-0.15, -0.1) is 5.10 Å². The molecule has 1 fully saturated rings. The predicted octanol–water partition coefficient (Wildman–Crippen LogP) is 5.83. The van der Waals surface area contributed by atoms with Crippen LogP contribution in [-0.2, 0) is 11.3 Å². The molecule has 1 heterocycles. The molecule has 9 nitrogen and oxygen atoms in total. The lowest BCUT2D eigenvalue weighted by atomic mass is 9.66. The van der Waals surface area contributed by atoms with Gasteiger partial charge in [0.1, 0.15) is 0 Å². The molecule has 1 aliphatic carbocycles. The van der Waals surface area contributed by atoms with Crippen LogP contribution in [0.3, 0.4) is 0 Å². The molecule has 2 N–H and O–H groups in total. The summed E-state index contributed by atoms with van der Waals surface area (Å²) in [5.41, 5.74) is 2.14. The van der Waals surface area contributed by atoms with Crippen molar-refractivity contribution < 1.29 is 9.59 Å². The Morgan fingerprint density at radius 2 is 1.77 bits per heavy atom. The second-order valence-corrected chi connectivity index (χ2v) is 12.3. The van der Waals surface area contributed by atoms with Gasteiger partial charge in [0.25, 0.3) is 11.9 Å². The number of hydrogen-bond donors (Lipinski definition) is 2. The third-order valence-corrected chi connectivity index (χ3v) is 8.27. The molecule has 0 radical (unpaired) electrons. The monoisotopic (exact) mass is 571 g/mol. The Balaban J connectivity index is 1.55. The number of tetrazole rings is 1. The number of H-pyrrole nitrogens is 1. The molecule has 208 valence electrons. The third kappa shape index (κ3) is 7.08. The summed E-state index contributed by atoms with van der Waals surface area (Å²) >= 11 is 12.6. The Morgan fingerprint density at radius 1 is 1.13 bits per heavy atom. The zero-order chi connectivity index (χ0) is 28.2. The quantitative estimate of drug-likeness (QED) is 0.313. The van der Waals surface area contributed by atoms with Crippen molar-refractivity contribution in [3.63, 3.8) is 0 Å². The molecule has 0 bridgehead atoms. The van der Waals surface area contributed by atoms with E-state index >= 15 is 0 Å². The van der Waals surface area contributed by atoms with Crippen molar-refractivity contribution in [3.05, 3.63) is 63.6 Å². The fourth-order valence-electron chi connectivity index (χ4n) is 5.51. The second-order valence-electron chi connectivity index (χ2n) is 11.5. The summed E-state index contributed by atoms with van der Waals surface area (Å²) in [5, 5.41) is 16.9. The van der Waals surface area contributed by atoms with Crippen LogP contribution in [0.15, 0.2) is 42.5 Å².